The van der Waals surface area contributed by atoms with Crippen LogP contribution in [0, 0.1) is 11.8 Å². The summed E-state index contributed by atoms with van der Waals surface area (Å²) in [5.41, 5.74) is 3.00. The van der Waals surface area contributed by atoms with Crippen LogP contribution in [0.1, 0.15) is 49.3 Å². The van der Waals surface area contributed by atoms with E-state index < -0.39 is 12.1 Å². The van der Waals surface area contributed by atoms with Crippen molar-refractivity contribution in [3.63, 3.8) is 0 Å². The van der Waals surface area contributed by atoms with Gasteiger partial charge >= 0.3 is 0 Å². The zero-order valence-corrected chi connectivity index (χ0v) is 19.3. The molecule has 9 nitrogen and oxygen atoms in total. The third kappa shape index (κ3) is 5.09. The maximum atomic E-state index is 9.85. The van der Waals surface area contributed by atoms with E-state index >= 15 is 0 Å². The first kappa shape index (κ1) is 22.8. The number of benzene rings is 2. The van der Waals surface area contributed by atoms with E-state index in [1.54, 1.807) is 28.7 Å². The van der Waals surface area contributed by atoms with Crippen molar-refractivity contribution >= 4 is 0 Å². The van der Waals surface area contributed by atoms with Crippen molar-refractivity contribution in [2.45, 2.75) is 44.1 Å². The molecule has 1 aliphatic rings. The summed E-state index contributed by atoms with van der Waals surface area (Å²) in [6.07, 6.45) is 5.93. The molecule has 1 fully saturated rings. The number of hydrogen-bond acceptors (Lipinski definition) is 7. The second kappa shape index (κ2) is 10.1. The van der Waals surface area contributed by atoms with Gasteiger partial charge in [0.1, 0.15) is 29.8 Å². The van der Waals surface area contributed by atoms with E-state index in [9.17, 15) is 10.2 Å². The van der Waals surface area contributed by atoms with Gasteiger partial charge in [0.25, 0.3) is 0 Å². The summed E-state index contributed by atoms with van der Waals surface area (Å²) in [4.78, 5) is 5.79. The molecule has 0 saturated heterocycles. The van der Waals surface area contributed by atoms with Gasteiger partial charge in [-0.3, -0.25) is 0 Å². The highest BCUT2D eigenvalue weighted by atomic mass is 16.5. The summed E-state index contributed by atoms with van der Waals surface area (Å²) in [7, 11) is 0. The molecule has 0 unspecified atom stereocenters. The molecule has 0 radical (unpaired) electrons. The van der Waals surface area contributed by atoms with E-state index in [0.29, 0.717) is 5.82 Å². The summed E-state index contributed by atoms with van der Waals surface area (Å²) in [5.74, 6) is 7.51. The lowest BCUT2D eigenvalue weighted by Crippen LogP contribution is -2.36. The number of tetrazole rings is 1. The zero-order chi connectivity index (χ0) is 24.2. The molecule has 5 rings (SSSR count). The fourth-order valence-electron chi connectivity index (χ4n) is 4.11. The van der Waals surface area contributed by atoms with Crippen LogP contribution in [0.5, 0.6) is 5.75 Å². The van der Waals surface area contributed by atoms with E-state index in [2.05, 4.69) is 32.2 Å². The van der Waals surface area contributed by atoms with Gasteiger partial charge in [0.05, 0.1) is 12.6 Å². The third-order valence-corrected chi connectivity index (χ3v) is 6.10. The van der Waals surface area contributed by atoms with E-state index in [1.165, 1.54) is 6.33 Å². The Hall–Kier alpha value is -4.00. The number of imidazole rings is 1. The summed E-state index contributed by atoms with van der Waals surface area (Å²) in [6, 6.07) is 15.8. The molecule has 9 heteroatoms. The molecule has 0 aliphatic heterocycles. The summed E-state index contributed by atoms with van der Waals surface area (Å²) in [6.45, 7) is 1.47. The minimum atomic E-state index is -0.737. The average Bonchev–Trinajstić information content (AvgIpc) is 3.55. The van der Waals surface area contributed by atoms with Crippen LogP contribution in [0.15, 0.2) is 67.3 Å². The number of hydrogen-bond donors (Lipinski definition) is 2. The molecule has 1 saturated carbocycles. The van der Waals surface area contributed by atoms with Crippen molar-refractivity contribution in [3.8, 4) is 28.7 Å². The van der Waals surface area contributed by atoms with Crippen molar-refractivity contribution in [3.05, 3.63) is 78.6 Å². The van der Waals surface area contributed by atoms with E-state index in [0.717, 1.165) is 35.3 Å². The number of nitrogens with zero attached hydrogens (tertiary/aromatic N) is 6. The fourth-order valence-corrected chi connectivity index (χ4v) is 4.11. The molecule has 2 aromatic heterocycles. The van der Waals surface area contributed by atoms with Crippen LogP contribution in [-0.2, 0) is 0 Å². The first-order chi connectivity index (χ1) is 17.1. The summed E-state index contributed by atoms with van der Waals surface area (Å²) < 4.78 is 7.76. The molecule has 178 valence electrons. The normalized spacial score (nSPS) is 18.7. The van der Waals surface area contributed by atoms with Crippen LogP contribution >= 0.6 is 0 Å². The fraction of sp³-hybridized carbons (Fsp3) is 0.308. The van der Waals surface area contributed by atoms with Gasteiger partial charge in [0.15, 0.2) is 6.33 Å². The van der Waals surface area contributed by atoms with Crippen molar-refractivity contribution in [2.75, 3.05) is 6.61 Å². The van der Waals surface area contributed by atoms with Crippen molar-refractivity contribution in [1.82, 2.24) is 29.8 Å². The standard InChI is InChI=1S/C26H26N6O3/c1-18(34)26-27-12-13-31(26)22(16-33)9-4-19-2-5-20(6-3-19)21-7-10-24(11-8-21)35-25-14-23(15-25)32-29-17-28-30-32/h2-3,5-8,10-13,17-18,22-23,25,33-34H,14-16H2,1H3/t18-,22-,23?,25?/m0/s1. The Bertz CT molecular complexity index is 1300. The first-order valence-electron chi connectivity index (χ1n) is 11.5. The predicted octanol–water partition coefficient (Wildman–Crippen LogP) is 2.96. The van der Waals surface area contributed by atoms with Crippen LogP contribution < -0.4 is 4.74 Å². The van der Waals surface area contributed by atoms with Gasteiger partial charge in [0.2, 0.25) is 0 Å². The van der Waals surface area contributed by atoms with Gasteiger partial charge in [-0.2, -0.15) is 4.80 Å². The van der Waals surface area contributed by atoms with E-state index in [1.807, 2.05) is 48.5 Å². The van der Waals surface area contributed by atoms with Crippen molar-refractivity contribution in [2.24, 2.45) is 0 Å². The smallest absolute Gasteiger partial charge is 0.162 e. The lowest BCUT2D eigenvalue weighted by Gasteiger charge is -2.34. The molecule has 2 aromatic carbocycles. The highest BCUT2D eigenvalue weighted by molar-refractivity contribution is 5.65. The van der Waals surface area contributed by atoms with Crippen LogP contribution in [0.3, 0.4) is 0 Å². The molecule has 1 aliphatic carbocycles. The van der Waals surface area contributed by atoms with Gasteiger partial charge in [-0.05, 0) is 47.5 Å². The monoisotopic (exact) mass is 470 g/mol. The van der Waals surface area contributed by atoms with E-state index in [-0.39, 0.29) is 18.8 Å². The lowest BCUT2D eigenvalue weighted by molar-refractivity contribution is 0.0570. The highest BCUT2D eigenvalue weighted by Gasteiger charge is 2.33. The summed E-state index contributed by atoms with van der Waals surface area (Å²) in [5, 5.41) is 31.4. The zero-order valence-electron chi connectivity index (χ0n) is 19.3. The molecule has 0 bridgehead atoms. The Balaban J connectivity index is 1.20. The SMILES string of the molecule is C[C@H](O)c1nccn1[C@@H](C#Cc1ccc(-c2ccc(OC3CC(n4ncnn4)C3)cc2)cc1)CO. The molecule has 2 atom stereocenters. The molecule has 2 N–H and O–H groups in total. The predicted molar refractivity (Wildman–Crippen MR) is 128 cm³/mol. The number of aliphatic hydroxyl groups is 2. The quantitative estimate of drug-likeness (QED) is 0.400. The maximum Gasteiger partial charge on any atom is 0.162 e. The Morgan fingerprint density at radius 2 is 1.80 bits per heavy atom. The molecular weight excluding hydrogens is 444 g/mol. The van der Waals surface area contributed by atoms with Crippen LogP contribution in [0.2, 0.25) is 0 Å². The number of ether oxygens (including phenoxy) is 1. The lowest BCUT2D eigenvalue weighted by atomic mass is 9.90. The van der Waals surface area contributed by atoms with Gasteiger partial charge in [-0.25, -0.2) is 4.98 Å². The average molecular weight is 471 g/mol. The van der Waals surface area contributed by atoms with E-state index in [4.69, 9.17) is 4.74 Å². The Morgan fingerprint density at radius 3 is 2.43 bits per heavy atom. The van der Waals surface area contributed by atoms with Gasteiger partial charge in [-0.15, -0.1) is 10.2 Å². The van der Waals surface area contributed by atoms with Gasteiger partial charge < -0.3 is 19.5 Å². The second-order valence-corrected chi connectivity index (χ2v) is 8.56. The molecule has 0 amide bonds. The van der Waals surface area contributed by atoms with Crippen molar-refractivity contribution in [1.29, 1.82) is 0 Å². The Kier molecular flexibility index (Phi) is 6.57. The highest BCUT2D eigenvalue weighted by Crippen LogP contribution is 2.34. The van der Waals surface area contributed by atoms with Crippen LogP contribution in [-0.4, -0.2) is 52.7 Å². The van der Waals surface area contributed by atoms with Crippen molar-refractivity contribution < 1.29 is 14.9 Å². The van der Waals surface area contributed by atoms with Gasteiger partial charge in [0, 0.05) is 30.8 Å². The molecule has 35 heavy (non-hydrogen) atoms. The van der Waals surface area contributed by atoms with Gasteiger partial charge in [-0.1, -0.05) is 36.1 Å². The minimum absolute atomic E-state index is 0.163. The molecule has 2 heterocycles. The number of aliphatic hydroxyl groups excluding tert-OH is 2. The largest absolute Gasteiger partial charge is 0.490 e. The third-order valence-electron chi connectivity index (χ3n) is 6.10. The van der Waals surface area contributed by atoms with Crippen LogP contribution in [0.25, 0.3) is 11.1 Å². The second-order valence-electron chi connectivity index (χ2n) is 8.56. The Labute approximate surface area is 203 Å². The number of aromatic nitrogens is 6. The number of rotatable bonds is 7. The summed E-state index contributed by atoms with van der Waals surface area (Å²) >= 11 is 0. The maximum absolute atomic E-state index is 9.85. The molecule has 0 spiro atoms. The first-order valence-corrected chi connectivity index (χ1v) is 11.5. The minimum Gasteiger partial charge on any atom is -0.490 e. The van der Waals surface area contributed by atoms with Crippen LogP contribution in [0.4, 0.5) is 0 Å². The molecule has 4 aromatic rings. The topological polar surface area (TPSA) is 111 Å². The Morgan fingerprint density at radius 1 is 1.09 bits per heavy atom. The molecular formula is C26H26N6O3.